The highest BCUT2D eigenvalue weighted by atomic mass is 16.4. The van der Waals surface area contributed by atoms with Gasteiger partial charge in [-0.25, -0.2) is 0 Å². The summed E-state index contributed by atoms with van der Waals surface area (Å²) in [7, 11) is 0. The lowest BCUT2D eigenvalue weighted by Gasteiger charge is -2.19. The smallest absolute Gasteiger partial charge is 0.314 e. The number of carboxylic acids is 1. The molecule has 0 aliphatic heterocycles. The molecule has 1 saturated carbocycles. The Balaban J connectivity index is 2.66. The van der Waals surface area contributed by atoms with Crippen molar-refractivity contribution in [1.82, 2.24) is 0 Å². The number of hydrogen-bond acceptors (Lipinski definition) is 4. The minimum absolute atomic E-state index is 0.0206. The highest BCUT2D eigenvalue weighted by Crippen LogP contribution is 2.67. The van der Waals surface area contributed by atoms with Crippen molar-refractivity contribution >= 4 is 5.97 Å². The van der Waals surface area contributed by atoms with Gasteiger partial charge < -0.3 is 20.4 Å². The molecule has 5 heteroatoms. The Kier molecular flexibility index (Phi) is 2.08. The maximum absolute atomic E-state index is 11.4. The van der Waals surface area contributed by atoms with Crippen molar-refractivity contribution in [2.45, 2.75) is 25.7 Å². The maximum atomic E-state index is 11.4. The van der Waals surface area contributed by atoms with Crippen LogP contribution in [-0.4, -0.2) is 26.4 Å². The van der Waals surface area contributed by atoms with E-state index < -0.39 is 28.3 Å². The number of benzene rings is 1. The normalized spacial score (nSPS) is 25.5. The van der Waals surface area contributed by atoms with Crippen LogP contribution in [0.5, 0.6) is 17.2 Å². The first-order valence-electron chi connectivity index (χ1n) is 5.21. The molecule has 1 aliphatic carbocycles. The van der Waals surface area contributed by atoms with E-state index in [1.807, 2.05) is 0 Å². The molecule has 0 heterocycles. The molecular formula is C12H14O5. The Hall–Kier alpha value is -1.91. The third kappa shape index (κ3) is 1.35. The lowest BCUT2D eigenvalue weighted by atomic mass is 9.86. The molecule has 5 nitrogen and oxygen atoms in total. The van der Waals surface area contributed by atoms with Crippen molar-refractivity contribution < 1.29 is 25.2 Å². The number of carbonyl (C=O) groups is 1. The fourth-order valence-corrected chi connectivity index (χ4v) is 2.55. The fourth-order valence-electron chi connectivity index (χ4n) is 2.55. The average Bonchev–Trinajstić information content (AvgIpc) is 2.68. The van der Waals surface area contributed by atoms with Gasteiger partial charge in [-0.2, -0.15) is 0 Å². The number of hydrogen-bond donors (Lipinski definition) is 4. The second-order valence-electron chi connectivity index (χ2n) is 5.13. The third-order valence-corrected chi connectivity index (χ3v) is 3.61. The molecule has 1 aromatic rings. The molecule has 0 aromatic heterocycles. The zero-order valence-electron chi connectivity index (χ0n) is 9.56. The van der Waals surface area contributed by atoms with Crippen LogP contribution in [-0.2, 0) is 10.2 Å². The van der Waals surface area contributed by atoms with Crippen LogP contribution in [0, 0.1) is 5.41 Å². The summed E-state index contributed by atoms with van der Waals surface area (Å²) in [5, 5.41) is 38.0. The quantitative estimate of drug-likeness (QED) is 0.626. The lowest BCUT2D eigenvalue weighted by molar-refractivity contribution is -0.141. The number of phenols is 3. The molecule has 0 amide bonds. The zero-order chi connectivity index (χ0) is 13.0. The van der Waals surface area contributed by atoms with Crippen LogP contribution in [0.3, 0.4) is 0 Å². The SMILES string of the molecule is CC1(C)CC1(C(=O)O)c1c(O)cc(O)cc1O. The van der Waals surface area contributed by atoms with Crippen LogP contribution >= 0.6 is 0 Å². The lowest BCUT2D eigenvalue weighted by Crippen LogP contribution is -2.25. The second kappa shape index (κ2) is 3.06. The highest BCUT2D eigenvalue weighted by molar-refractivity contribution is 5.89. The van der Waals surface area contributed by atoms with Crippen molar-refractivity contribution in [2.24, 2.45) is 5.41 Å². The predicted molar refractivity (Wildman–Crippen MR) is 59.1 cm³/mol. The maximum Gasteiger partial charge on any atom is 0.314 e. The van der Waals surface area contributed by atoms with Crippen LogP contribution in [0.15, 0.2) is 12.1 Å². The van der Waals surface area contributed by atoms with Gasteiger partial charge in [0.25, 0.3) is 0 Å². The molecule has 0 spiro atoms. The van der Waals surface area contributed by atoms with E-state index in [1.165, 1.54) is 0 Å². The molecule has 0 saturated heterocycles. The molecule has 4 N–H and O–H groups in total. The summed E-state index contributed by atoms with van der Waals surface area (Å²) in [6.07, 6.45) is 0.335. The number of carboxylic acid groups (broad SMARTS) is 1. The van der Waals surface area contributed by atoms with Crippen molar-refractivity contribution in [3.8, 4) is 17.2 Å². The van der Waals surface area contributed by atoms with E-state index in [-0.39, 0.29) is 11.3 Å². The van der Waals surface area contributed by atoms with E-state index in [0.29, 0.717) is 6.42 Å². The summed E-state index contributed by atoms with van der Waals surface area (Å²) in [4.78, 5) is 11.4. The van der Waals surface area contributed by atoms with E-state index in [4.69, 9.17) is 0 Å². The molecular weight excluding hydrogens is 224 g/mol. The molecule has 1 aliphatic rings. The molecule has 1 atom stereocenters. The molecule has 17 heavy (non-hydrogen) atoms. The fraction of sp³-hybridized carbons (Fsp3) is 0.417. The van der Waals surface area contributed by atoms with Crippen LogP contribution in [0.2, 0.25) is 0 Å². The van der Waals surface area contributed by atoms with Gasteiger partial charge in [0.2, 0.25) is 0 Å². The van der Waals surface area contributed by atoms with Gasteiger partial charge >= 0.3 is 5.97 Å². The summed E-state index contributed by atoms with van der Waals surface area (Å²) in [5.41, 5.74) is -1.84. The summed E-state index contributed by atoms with van der Waals surface area (Å²) >= 11 is 0. The van der Waals surface area contributed by atoms with Gasteiger partial charge in [0.05, 0.1) is 5.56 Å². The molecule has 92 valence electrons. The van der Waals surface area contributed by atoms with Crippen LogP contribution in [0.25, 0.3) is 0 Å². The van der Waals surface area contributed by atoms with E-state index in [1.54, 1.807) is 13.8 Å². The first-order valence-corrected chi connectivity index (χ1v) is 5.21. The Bertz CT molecular complexity index is 483. The standard InChI is InChI=1S/C12H14O5/c1-11(2)5-12(11,10(16)17)9-7(14)3-6(13)4-8(9)15/h3-4,13-15H,5H2,1-2H3,(H,16,17). The molecule has 1 aromatic carbocycles. The monoisotopic (exact) mass is 238 g/mol. The van der Waals surface area contributed by atoms with Crippen molar-refractivity contribution in [3.63, 3.8) is 0 Å². The summed E-state index contributed by atoms with van der Waals surface area (Å²) in [5.74, 6) is -2.17. The minimum atomic E-state index is -1.28. The summed E-state index contributed by atoms with van der Waals surface area (Å²) < 4.78 is 0. The first-order chi connectivity index (χ1) is 7.72. The molecule has 1 unspecified atom stereocenters. The average molecular weight is 238 g/mol. The predicted octanol–water partition coefficient (Wildman–Crippen LogP) is 1.56. The van der Waals surface area contributed by atoms with Gasteiger partial charge in [0.1, 0.15) is 22.7 Å². The van der Waals surface area contributed by atoms with Crippen molar-refractivity contribution in [2.75, 3.05) is 0 Å². The Morgan fingerprint density at radius 2 is 1.59 bits per heavy atom. The topological polar surface area (TPSA) is 98.0 Å². The van der Waals surface area contributed by atoms with E-state index >= 15 is 0 Å². The van der Waals surface area contributed by atoms with Gasteiger partial charge in [-0.1, -0.05) is 13.8 Å². The molecule has 0 bridgehead atoms. The zero-order valence-corrected chi connectivity index (χ0v) is 9.56. The third-order valence-electron chi connectivity index (χ3n) is 3.61. The Labute approximate surface area is 98.0 Å². The minimum Gasteiger partial charge on any atom is -0.508 e. The van der Waals surface area contributed by atoms with E-state index in [2.05, 4.69) is 0 Å². The molecule has 1 fully saturated rings. The van der Waals surface area contributed by atoms with Gasteiger partial charge in [-0.05, 0) is 11.8 Å². The number of aromatic hydroxyl groups is 3. The van der Waals surface area contributed by atoms with Gasteiger partial charge in [-0.15, -0.1) is 0 Å². The highest BCUT2D eigenvalue weighted by Gasteiger charge is 2.69. The van der Waals surface area contributed by atoms with Gasteiger partial charge in [0, 0.05) is 12.1 Å². The summed E-state index contributed by atoms with van der Waals surface area (Å²) in [6.45, 7) is 3.51. The van der Waals surface area contributed by atoms with E-state index in [9.17, 15) is 25.2 Å². The second-order valence-corrected chi connectivity index (χ2v) is 5.13. The van der Waals surface area contributed by atoms with E-state index in [0.717, 1.165) is 12.1 Å². The Morgan fingerprint density at radius 1 is 1.18 bits per heavy atom. The first kappa shape index (κ1) is 11.6. The van der Waals surface area contributed by atoms with Gasteiger partial charge in [0.15, 0.2) is 0 Å². The largest absolute Gasteiger partial charge is 0.508 e. The number of rotatable bonds is 2. The molecule has 0 radical (unpaired) electrons. The van der Waals surface area contributed by atoms with Gasteiger partial charge in [-0.3, -0.25) is 4.79 Å². The number of phenolic OH excluding ortho intramolecular Hbond substituents is 3. The number of aliphatic carboxylic acids is 1. The molecule has 2 rings (SSSR count). The van der Waals surface area contributed by atoms with Crippen molar-refractivity contribution in [3.05, 3.63) is 17.7 Å². The van der Waals surface area contributed by atoms with Crippen LogP contribution in [0.4, 0.5) is 0 Å². The van der Waals surface area contributed by atoms with Crippen molar-refractivity contribution in [1.29, 1.82) is 0 Å². The summed E-state index contributed by atoms with van der Waals surface area (Å²) in [6, 6.07) is 2.07. The van der Waals surface area contributed by atoms with Crippen LogP contribution in [0.1, 0.15) is 25.8 Å². The van der Waals surface area contributed by atoms with Crippen LogP contribution < -0.4 is 0 Å². The Morgan fingerprint density at radius 3 is 1.88 bits per heavy atom.